The van der Waals surface area contributed by atoms with E-state index in [1.54, 1.807) is 7.11 Å². The number of rotatable bonds is 11. The van der Waals surface area contributed by atoms with Crippen LogP contribution in [0.25, 0.3) is 11.4 Å². The van der Waals surface area contributed by atoms with Crippen LogP contribution in [-0.2, 0) is 11.3 Å². The molecule has 2 aromatic carbocycles. The molecule has 1 atom stereocenters. The van der Waals surface area contributed by atoms with E-state index in [-0.39, 0.29) is 6.10 Å². The van der Waals surface area contributed by atoms with Crippen LogP contribution in [0.3, 0.4) is 0 Å². The normalized spacial score (nSPS) is 12.4. The second-order valence-electron chi connectivity index (χ2n) is 7.23. The smallest absolute Gasteiger partial charge is 0.191 e. The number of aliphatic imine (C=N–C) groups is 1. The summed E-state index contributed by atoms with van der Waals surface area (Å²) in [6.45, 7) is 6.74. The van der Waals surface area contributed by atoms with Crippen molar-refractivity contribution in [1.82, 2.24) is 25.8 Å². The van der Waals surface area contributed by atoms with Gasteiger partial charge in [0.1, 0.15) is 18.1 Å². The Morgan fingerprint density at radius 2 is 1.88 bits per heavy atom. The summed E-state index contributed by atoms with van der Waals surface area (Å²) in [4.78, 5) is 9.13. The van der Waals surface area contributed by atoms with Crippen LogP contribution in [0, 0.1) is 0 Å². The van der Waals surface area contributed by atoms with Crippen LogP contribution in [-0.4, -0.2) is 47.9 Å². The van der Waals surface area contributed by atoms with E-state index in [4.69, 9.17) is 9.47 Å². The first-order valence-corrected chi connectivity index (χ1v) is 10.9. The maximum atomic E-state index is 5.93. The Balaban J connectivity index is 1.44. The van der Waals surface area contributed by atoms with Gasteiger partial charge in [-0.2, -0.15) is 5.10 Å². The number of methoxy groups -OCH3 is 1. The summed E-state index contributed by atoms with van der Waals surface area (Å²) in [7, 11) is 1.64. The lowest BCUT2D eigenvalue weighted by molar-refractivity contribution is 0.0646. The van der Waals surface area contributed by atoms with Gasteiger partial charge < -0.3 is 20.1 Å². The van der Waals surface area contributed by atoms with Crippen molar-refractivity contribution in [3.05, 3.63) is 66.0 Å². The average molecular weight is 437 g/mol. The molecule has 1 heterocycles. The first-order chi connectivity index (χ1) is 15.7. The summed E-state index contributed by atoms with van der Waals surface area (Å²) in [5.74, 6) is 2.88. The van der Waals surface area contributed by atoms with Gasteiger partial charge in [-0.25, -0.2) is 9.98 Å². The number of aromatic amines is 1. The fourth-order valence-electron chi connectivity index (χ4n) is 3.09. The van der Waals surface area contributed by atoms with E-state index in [1.807, 2.05) is 49.4 Å². The van der Waals surface area contributed by atoms with E-state index in [0.29, 0.717) is 24.8 Å². The molecular weight excluding hydrogens is 404 g/mol. The SMILES string of the molecule is CCNC(=NCc1nc(-c2ccc(OC)cc2)n[nH]1)NCCCOC(C)c1ccccc1. The fraction of sp³-hybridized carbons (Fsp3) is 0.375. The van der Waals surface area contributed by atoms with E-state index in [0.717, 1.165) is 36.8 Å². The van der Waals surface area contributed by atoms with Crippen molar-refractivity contribution in [3.8, 4) is 17.1 Å². The average Bonchev–Trinajstić information content (AvgIpc) is 3.32. The largest absolute Gasteiger partial charge is 0.497 e. The lowest BCUT2D eigenvalue weighted by Gasteiger charge is -2.14. The van der Waals surface area contributed by atoms with E-state index in [1.165, 1.54) is 5.56 Å². The third kappa shape index (κ3) is 7.09. The summed E-state index contributed by atoms with van der Waals surface area (Å²) in [5.41, 5.74) is 2.11. The molecule has 0 fully saturated rings. The monoisotopic (exact) mass is 436 g/mol. The molecule has 0 aliphatic heterocycles. The minimum absolute atomic E-state index is 0.0875. The first-order valence-electron chi connectivity index (χ1n) is 10.9. The molecule has 0 bridgehead atoms. The van der Waals surface area contributed by atoms with Crippen molar-refractivity contribution in [2.24, 2.45) is 4.99 Å². The second-order valence-corrected chi connectivity index (χ2v) is 7.23. The van der Waals surface area contributed by atoms with Crippen LogP contribution in [0.5, 0.6) is 5.75 Å². The van der Waals surface area contributed by atoms with E-state index in [9.17, 15) is 0 Å². The van der Waals surface area contributed by atoms with Gasteiger partial charge in [0, 0.05) is 25.3 Å². The number of benzene rings is 2. The molecule has 0 radical (unpaired) electrons. The molecule has 170 valence electrons. The summed E-state index contributed by atoms with van der Waals surface area (Å²) >= 11 is 0. The lowest BCUT2D eigenvalue weighted by Crippen LogP contribution is -2.38. The molecule has 0 amide bonds. The molecule has 0 spiro atoms. The van der Waals surface area contributed by atoms with Gasteiger partial charge in [0.05, 0.1) is 13.2 Å². The molecule has 3 aromatic rings. The Morgan fingerprint density at radius 3 is 2.59 bits per heavy atom. The quantitative estimate of drug-likeness (QED) is 0.241. The molecule has 0 saturated heterocycles. The van der Waals surface area contributed by atoms with E-state index in [2.05, 4.69) is 49.9 Å². The number of hydrogen-bond acceptors (Lipinski definition) is 5. The van der Waals surface area contributed by atoms with Crippen molar-refractivity contribution in [2.45, 2.75) is 32.9 Å². The van der Waals surface area contributed by atoms with Gasteiger partial charge in [0.25, 0.3) is 0 Å². The summed E-state index contributed by atoms with van der Waals surface area (Å²) in [5, 5.41) is 13.8. The minimum atomic E-state index is 0.0875. The molecule has 0 aliphatic rings. The molecule has 8 heteroatoms. The molecule has 1 aromatic heterocycles. The predicted octanol–water partition coefficient (Wildman–Crippen LogP) is 3.70. The van der Waals surface area contributed by atoms with Crippen LogP contribution >= 0.6 is 0 Å². The topological polar surface area (TPSA) is 96.5 Å². The highest BCUT2D eigenvalue weighted by molar-refractivity contribution is 5.79. The standard InChI is InChI=1S/C24H32N6O2/c1-4-25-24(26-15-8-16-32-18(2)19-9-6-5-7-10-19)27-17-22-28-23(30-29-22)20-11-13-21(31-3)14-12-20/h5-7,9-14,18H,4,8,15-17H2,1-3H3,(H2,25,26,27)(H,28,29,30). The van der Waals surface area contributed by atoms with Crippen LogP contribution in [0.15, 0.2) is 59.6 Å². The van der Waals surface area contributed by atoms with Gasteiger partial charge in [0.2, 0.25) is 0 Å². The van der Waals surface area contributed by atoms with Crippen LogP contribution in [0.2, 0.25) is 0 Å². The number of ether oxygens (including phenoxy) is 2. The zero-order valence-corrected chi connectivity index (χ0v) is 19.0. The number of aromatic nitrogens is 3. The zero-order chi connectivity index (χ0) is 22.6. The van der Waals surface area contributed by atoms with Gasteiger partial charge >= 0.3 is 0 Å². The first kappa shape index (κ1) is 23.3. The third-order valence-corrected chi connectivity index (χ3v) is 4.86. The maximum absolute atomic E-state index is 5.93. The van der Waals surface area contributed by atoms with Crippen molar-refractivity contribution < 1.29 is 9.47 Å². The molecule has 32 heavy (non-hydrogen) atoms. The molecule has 0 aliphatic carbocycles. The van der Waals surface area contributed by atoms with Gasteiger partial charge in [-0.05, 0) is 50.1 Å². The third-order valence-electron chi connectivity index (χ3n) is 4.86. The summed E-state index contributed by atoms with van der Waals surface area (Å²) in [6, 6.07) is 17.9. The highest BCUT2D eigenvalue weighted by Crippen LogP contribution is 2.19. The van der Waals surface area contributed by atoms with E-state index >= 15 is 0 Å². The molecule has 0 saturated carbocycles. The lowest BCUT2D eigenvalue weighted by atomic mass is 10.1. The second kappa shape index (κ2) is 12.5. The summed E-state index contributed by atoms with van der Waals surface area (Å²) in [6.07, 6.45) is 0.968. The Morgan fingerprint density at radius 1 is 1.09 bits per heavy atom. The van der Waals surface area contributed by atoms with Gasteiger partial charge in [0.15, 0.2) is 11.8 Å². The van der Waals surface area contributed by atoms with Gasteiger partial charge in [-0.15, -0.1) is 0 Å². The van der Waals surface area contributed by atoms with Crippen molar-refractivity contribution in [2.75, 3.05) is 26.8 Å². The molecule has 3 N–H and O–H groups in total. The van der Waals surface area contributed by atoms with Crippen molar-refractivity contribution >= 4 is 5.96 Å². The Labute approximate surface area is 189 Å². The molecular formula is C24H32N6O2. The zero-order valence-electron chi connectivity index (χ0n) is 19.0. The molecule has 1 unspecified atom stereocenters. The fourth-order valence-corrected chi connectivity index (χ4v) is 3.09. The Hall–Kier alpha value is -3.39. The van der Waals surface area contributed by atoms with E-state index < -0.39 is 0 Å². The number of nitrogens with one attached hydrogen (secondary N) is 3. The van der Waals surface area contributed by atoms with Crippen LogP contribution in [0.4, 0.5) is 0 Å². The summed E-state index contributed by atoms with van der Waals surface area (Å²) < 4.78 is 11.1. The number of hydrogen-bond donors (Lipinski definition) is 3. The van der Waals surface area contributed by atoms with Crippen molar-refractivity contribution in [3.63, 3.8) is 0 Å². The number of H-pyrrole nitrogens is 1. The predicted molar refractivity (Wildman–Crippen MR) is 127 cm³/mol. The van der Waals surface area contributed by atoms with Crippen molar-refractivity contribution in [1.29, 1.82) is 0 Å². The molecule has 8 nitrogen and oxygen atoms in total. The maximum Gasteiger partial charge on any atom is 0.191 e. The Kier molecular flexibility index (Phi) is 9.06. The minimum Gasteiger partial charge on any atom is -0.497 e. The van der Waals surface area contributed by atoms with Gasteiger partial charge in [-0.3, -0.25) is 5.10 Å². The van der Waals surface area contributed by atoms with Crippen LogP contribution < -0.4 is 15.4 Å². The number of nitrogens with zero attached hydrogens (tertiary/aromatic N) is 3. The van der Waals surface area contributed by atoms with Crippen LogP contribution in [0.1, 0.15) is 37.8 Å². The highest BCUT2D eigenvalue weighted by Gasteiger charge is 2.07. The molecule has 3 rings (SSSR count). The number of guanidine groups is 1. The Bertz CT molecular complexity index is 956. The highest BCUT2D eigenvalue weighted by atomic mass is 16.5. The van der Waals surface area contributed by atoms with Gasteiger partial charge in [-0.1, -0.05) is 30.3 Å².